The second-order valence-corrected chi connectivity index (χ2v) is 10.2. The van der Waals surface area contributed by atoms with Gasteiger partial charge in [-0.1, -0.05) is 44.0 Å². The first-order valence-electron chi connectivity index (χ1n) is 11.5. The van der Waals surface area contributed by atoms with Gasteiger partial charge in [0.25, 0.3) is 0 Å². The van der Waals surface area contributed by atoms with Crippen LogP contribution in [0.3, 0.4) is 0 Å². The number of unbranched alkanes of at least 4 members (excludes halogenated alkanes) is 2. The van der Waals surface area contributed by atoms with Crippen molar-refractivity contribution in [2.45, 2.75) is 90.1 Å². The Morgan fingerprint density at radius 3 is 1.94 bits per heavy atom. The Morgan fingerprint density at radius 1 is 0.903 bits per heavy atom. The van der Waals surface area contributed by atoms with E-state index in [9.17, 15) is 0 Å². The van der Waals surface area contributed by atoms with Gasteiger partial charge in [-0.25, -0.2) is 8.78 Å². The molecule has 0 radical (unpaired) electrons. The molecular formula is C27H37F2NO. The summed E-state index contributed by atoms with van der Waals surface area (Å²) in [7, 11) is 1.66. The van der Waals surface area contributed by atoms with Crippen LogP contribution in [-0.4, -0.2) is 23.3 Å². The van der Waals surface area contributed by atoms with Crippen molar-refractivity contribution in [3.8, 4) is 11.1 Å². The summed E-state index contributed by atoms with van der Waals surface area (Å²) >= 11 is 0. The molecule has 0 aliphatic carbocycles. The lowest BCUT2D eigenvalue weighted by atomic mass is 9.72. The quantitative estimate of drug-likeness (QED) is 0.419. The minimum atomic E-state index is -0.454. The lowest BCUT2D eigenvalue weighted by Crippen LogP contribution is -2.59. The first kappa shape index (κ1) is 23.9. The fourth-order valence-electron chi connectivity index (χ4n) is 5.55. The van der Waals surface area contributed by atoms with Gasteiger partial charge in [0.05, 0.1) is 7.11 Å². The Balaban J connectivity index is 1.86. The number of hydrogen-bond donors (Lipinski definition) is 0. The van der Waals surface area contributed by atoms with Crippen LogP contribution >= 0.6 is 0 Å². The Bertz CT molecular complexity index is 848. The number of hydrogen-bond acceptors (Lipinski definition) is 2. The van der Waals surface area contributed by atoms with Gasteiger partial charge in [-0.15, -0.1) is 0 Å². The van der Waals surface area contributed by atoms with Gasteiger partial charge in [-0.05, 0) is 88.1 Å². The normalized spacial score (nSPS) is 19.0. The van der Waals surface area contributed by atoms with Gasteiger partial charge >= 0.3 is 0 Å². The minimum absolute atomic E-state index is 0.202. The number of halogens is 2. The third-order valence-corrected chi connectivity index (χ3v) is 6.62. The molecule has 1 saturated heterocycles. The highest BCUT2D eigenvalue weighted by atomic mass is 19.1. The van der Waals surface area contributed by atoms with Crippen molar-refractivity contribution >= 4 is 0 Å². The van der Waals surface area contributed by atoms with Gasteiger partial charge in [0.2, 0.25) is 0 Å². The van der Waals surface area contributed by atoms with Crippen molar-refractivity contribution < 1.29 is 13.6 Å². The van der Waals surface area contributed by atoms with Gasteiger partial charge in [0.15, 0.2) is 0 Å². The number of rotatable bonds is 7. The molecule has 0 N–H and O–H groups in total. The van der Waals surface area contributed by atoms with Crippen LogP contribution in [0.5, 0.6) is 0 Å². The molecule has 2 aromatic carbocycles. The summed E-state index contributed by atoms with van der Waals surface area (Å²) in [4.78, 5) is 5.63. The predicted octanol–water partition coefficient (Wildman–Crippen LogP) is 7.66. The molecule has 0 bridgehead atoms. The number of nitrogens with zero attached hydrogens (tertiary/aromatic N) is 1. The largest absolute Gasteiger partial charge is 0.301 e. The van der Waals surface area contributed by atoms with Gasteiger partial charge < -0.3 is 4.84 Å². The molecule has 0 spiro atoms. The number of benzene rings is 2. The van der Waals surface area contributed by atoms with Gasteiger partial charge in [-0.2, -0.15) is 5.06 Å². The number of hydroxylamine groups is 2. The smallest absolute Gasteiger partial charge is 0.130 e. The van der Waals surface area contributed by atoms with Crippen molar-refractivity contribution in [3.63, 3.8) is 0 Å². The fourth-order valence-corrected chi connectivity index (χ4v) is 5.55. The summed E-state index contributed by atoms with van der Waals surface area (Å²) in [6.45, 7) is 10.5. The van der Waals surface area contributed by atoms with Crippen molar-refractivity contribution in [1.82, 2.24) is 5.06 Å². The average molecular weight is 430 g/mol. The van der Waals surface area contributed by atoms with Gasteiger partial charge in [-0.3, -0.25) is 0 Å². The highest BCUT2D eigenvalue weighted by molar-refractivity contribution is 5.64. The molecule has 0 saturated carbocycles. The molecule has 31 heavy (non-hydrogen) atoms. The summed E-state index contributed by atoms with van der Waals surface area (Å²) < 4.78 is 30.5. The van der Waals surface area contributed by atoms with Crippen LogP contribution in [0.2, 0.25) is 0 Å². The topological polar surface area (TPSA) is 12.5 Å². The third-order valence-electron chi connectivity index (χ3n) is 6.62. The zero-order valence-electron chi connectivity index (χ0n) is 19.9. The van der Waals surface area contributed by atoms with E-state index in [1.807, 2.05) is 17.2 Å². The van der Waals surface area contributed by atoms with Crippen LogP contribution in [0, 0.1) is 11.6 Å². The fraction of sp³-hybridized carbons (Fsp3) is 0.556. The van der Waals surface area contributed by atoms with E-state index >= 15 is 8.78 Å². The van der Waals surface area contributed by atoms with Gasteiger partial charge in [0.1, 0.15) is 11.6 Å². The molecule has 1 heterocycles. The second-order valence-electron chi connectivity index (χ2n) is 10.2. The molecule has 2 aromatic rings. The first-order chi connectivity index (χ1) is 14.6. The second kappa shape index (κ2) is 9.38. The van der Waals surface area contributed by atoms with Crippen molar-refractivity contribution in [1.29, 1.82) is 0 Å². The standard InChI is InChI=1S/C27H37F2NO/c1-7-8-9-10-19-11-13-20(14-12-19)21-15-23(28)25(24(29)16-21)22-17-26(2,3)30(31-6)27(4,5)18-22/h11-16,22H,7-10,17-18H2,1-6H3. The maximum absolute atomic E-state index is 15.3. The average Bonchev–Trinajstić information content (AvgIpc) is 2.66. The first-order valence-corrected chi connectivity index (χ1v) is 11.5. The van der Waals surface area contributed by atoms with E-state index in [4.69, 9.17) is 4.84 Å². The van der Waals surface area contributed by atoms with E-state index in [0.29, 0.717) is 18.4 Å². The SMILES string of the molecule is CCCCCc1ccc(-c2cc(F)c(C3CC(C)(C)N(OC)C(C)(C)C3)c(F)c2)cc1. The van der Waals surface area contributed by atoms with E-state index in [1.165, 1.54) is 37.0 Å². The van der Waals surface area contributed by atoms with E-state index < -0.39 is 11.6 Å². The van der Waals surface area contributed by atoms with E-state index in [1.54, 1.807) is 7.11 Å². The van der Waals surface area contributed by atoms with E-state index in [0.717, 1.165) is 12.0 Å². The molecule has 1 aliphatic heterocycles. The lowest BCUT2D eigenvalue weighted by Gasteiger charge is -2.53. The Morgan fingerprint density at radius 2 is 1.45 bits per heavy atom. The molecule has 1 aliphatic rings. The predicted molar refractivity (Wildman–Crippen MR) is 124 cm³/mol. The highest BCUT2D eigenvalue weighted by Crippen LogP contribution is 2.47. The number of aryl methyl sites for hydroxylation is 1. The summed E-state index contributed by atoms with van der Waals surface area (Å²) in [6.07, 6.45) is 5.89. The van der Waals surface area contributed by atoms with E-state index in [2.05, 4.69) is 46.8 Å². The molecule has 0 aromatic heterocycles. The molecule has 0 unspecified atom stereocenters. The Labute approximate surface area is 186 Å². The highest BCUT2D eigenvalue weighted by Gasteiger charge is 2.47. The van der Waals surface area contributed by atoms with Crippen LogP contribution in [0.25, 0.3) is 11.1 Å². The summed E-state index contributed by atoms with van der Waals surface area (Å²) in [5.41, 5.74) is 2.25. The van der Waals surface area contributed by atoms with Crippen LogP contribution in [0.15, 0.2) is 36.4 Å². The van der Waals surface area contributed by atoms with Gasteiger partial charge in [0, 0.05) is 16.6 Å². The van der Waals surface area contributed by atoms with Crippen molar-refractivity contribution in [2.24, 2.45) is 0 Å². The van der Waals surface area contributed by atoms with Crippen molar-refractivity contribution in [3.05, 3.63) is 59.2 Å². The minimum Gasteiger partial charge on any atom is -0.301 e. The molecule has 4 heteroatoms. The Kier molecular flexibility index (Phi) is 7.22. The lowest BCUT2D eigenvalue weighted by molar-refractivity contribution is -0.267. The molecule has 170 valence electrons. The molecular weight excluding hydrogens is 392 g/mol. The molecule has 1 fully saturated rings. The maximum atomic E-state index is 15.3. The monoisotopic (exact) mass is 429 g/mol. The molecule has 0 atom stereocenters. The zero-order valence-corrected chi connectivity index (χ0v) is 19.9. The molecule has 3 rings (SSSR count). The van der Waals surface area contributed by atoms with Crippen LogP contribution in [0.1, 0.15) is 83.8 Å². The third kappa shape index (κ3) is 5.18. The summed E-state index contributed by atoms with van der Waals surface area (Å²) in [5.74, 6) is -1.11. The van der Waals surface area contributed by atoms with E-state index in [-0.39, 0.29) is 22.6 Å². The maximum Gasteiger partial charge on any atom is 0.130 e. The molecule has 0 amide bonds. The van der Waals surface area contributed by atoms with Crippen LogP contribution in [-0.2, 0) is 11.3 Å². The van der Waals surface area contributed by atoms with Crippen LogP contribution < -0.4 is 0 Å². The summed E-state index contributed by atoms with van der Waals surface area (Å²) in [5, 5.41) is 1.96. The number of piperidine rings is 1. The Hall–Kier alpha value is -1.78. The zero-order chi connectivity index (χ0) is 22.8. The van der Waals surface area contributed by atoms with Crippen molar-refractivity contribution in [2.75, 3.05) is 7.11 Å². The summed E-state index contributed by atoms with van der Waals surface area (Å²) in [6, 6.07) is 11.1. The van der Waals surface area contributed by atoms with Crippen LogP contribution in [0.4, 0.5) is 8.78 Å². The molecule has 2 nitrogen and oxygen atoms in total.